The number of aromatic nitrogens is 2. The second-order valence-electron chi connectivity index (χ2n) is 11.5. The van der Waals surface area contributed by atoms with E-state index in [2.05, 4.69) is 34.4 Å². The lowest BCUT2D eigenvalue weighted by Crippen LogP contribution is -2.42. The van der Waals surface area contributed by atoms with Gasteiger partial charge in [0.2, 0.25) is 5.91 Å². The van der Waals surface area contributed by atoms with E-state index in [1.165, 1.54) is 0 Å². The molecule has 1 amide bonds. The smallest absolute Gasteiger partial charge is 0.239 e. The molecule has 222 valence electrons. The lowest BCUT2D eigenvalue weighted by atomic mass is 9.73. The first-order chi connectivity index (χ1) is 20.2. The number of carbonyl (C=O) groups excluding carboxylic acids is 2. The monoisotopic (exact) mass is 589 g/mol. The van der Waals surface area contributed by atoms with Crippen LogP contribution in [0.1, 0.15) is 49.7 Å². The van der Waals surface area contributed by atoms with Crippen LogP contribution >= 0.6 is 11.8 Å². The highest BCUT2D eigenvalue weighted by atomic mass is 32.2. The van der Waals surface area contributed by atoms with Gasteiger partial charge in [-0.05, 0) is 43.0 Å². The maximum Gasteiger partial charge on any atom is 0.239 e. The zero-order valence-electron chi connectivity index (χ0n) is 24.9. The lowest BCUT2D eigenvalue weighted by molar-refractivity contribution is -0.120. The molecule has 2 aliphatic rings. The Morgan fingerprint density at radius 3 is 2.71 bits per heavy atom. The minimum atomic E-state index is -0.539. The Balaban J connectivity index is 1.48. The molecule has 5 rings (SSSR count). The van der Waals surface area contributed by atoms with Crippen LogP contribution in [0.5, 0.6) is 11.5 Å². The Kier molecular flexibility index (Phi) is 8.82. The van der Waals surface area contributed by atoms with Crippen molar-refractivity contribution >= 4 is 34.8 Å². The minimum absolute atomic E-state index is 0.0646. The SMILES string of the molecule is COc1ccc(C2C3=C(CC(C)(C)CC3=O)Nc3ccccc3N2CC(=O)NCCSCc2nc[nH]c2C)c(OC)c1. The number of ether oxygens (including phenoxy) is 2. The third-order valence-corrected chi connectivity index (χ3v) is 8.77. The Hall–Kier alpha value is -3.92. The summed E-state index contributed by atoms with van der Waals surface area (Å²) in [5.41, 5.74) is 5.98. The maximum atomic E-state index is 14.0. The number of allylic oxidation sites excluding steroid dienone is 1. The largest absolute Gasteiger partial charge is 0.497 e. The first-order valence-electron chi connectivity index (χ1n) is 14.1. The Labute approximate surface area is 251 Å². The van der Waals surface area contributed by atoms with Crippen LogP contribution in [0.3, 0.4) is 0 Å². The molecule has 0 saturated heterocycles. The van der Waals surface area contributed by atoms with Crippen LogP contribution in [0, 0.1) is 12.3 Å². The normalized spacial score (nSPS) is 17.6. The van der Waals surface area contributed by atoms with Crippen LogP contribution in [-0.4, -0.2) is 54.7 Å². The summed E-state index contributed by atoms with van der Waals surface area (Å²) in [5, 5.41) is 6.69. The van der Waals surface area contributed by atoms with Gasteiger partial charge in [0, 0.05) is 53.1 Å². The number of H-pyrrole nitrogens is 1. The number of fused-ring (bicyclic) bond motifs is 1. The standard InChI is InChI=1S/C32H39N5O4S/c1-20-25(35-19-34-20)18-42-13-12-33-29(39)17-37-26-9-7-6-8-23(26)36-24-15-32(2,3)16-27(38)30(24)31(37)22-11-10-21(40-4)14-28(22)41-5/h6-11,14,19,31,36H,12-13,15-18H2,1-5H3,(H,33,39)(H,34,35). The number of thioether (sulfide) groups is 1. The molecule has 0 radical (unpaired) electrons. The van der Waals surface area contributed by atoms with Crippen molar-refractivity contribution in [2.75, 3.05) is 43.3 Å². The summed E-state index contributed by atoms with van der Waals surface area (Å²) in [7, 11) is 3.22. The number of ketones is 1. The van der Waals surface area contributed by atoms with Gasteiger partial charge in [0.05, 0.1) is 50.2 Å². The molecule has 10 heteroatoms. The number of anilines is 2. The number of methoxy groups -OCH3 is 2. The molecule has 1 unspecified atom stereocenters. The van der Waals surface area contributed by atoms with E-state index in [1.54, 1.807) is 32.3 Å². The molecular formula is C32H39N5O4S. The van der Waals surface area contributed by atoms with Gasteiger partial charge in [-0.3, -0.25) is 9.59 Å². The number of hydrogen-bond acceptors (Lipinski definition) is 8. The van der Waals surface area contributed by atoms with E-state index in [9.17, 15) is 9.59 Å². The van der Waals surface area contributed by atoms with E-state index < -0.39 is 6.04 Å². The van der Waals surface area contributed by atoms with Crippen molar-refractivity contribution in [3.05, 3.63) is 77.0 Å². The summed E-state index contributed by atoms with van der Waals surface area (Å²) in [6.07, 6.45) is 2.84. The number of nitrogens with zero attached hydrogens (tertiary/aromatic N) is 2. The molecule has 0 fully saturated rings. The number of aryl methyl sites for hydroxylation is 1. The fourth-order valence-corrected chi connectivity index (χ4v) is 6.64. The lowest BCUT2D eigenvalue weighted by Gasteiger charge is -2.38. The molecule has 1 aromatic heterocycles. The maximum absolute atomic E-state index is 14.0. The second kappa shape index (κ2) is 12.5. The number of aromatic amines is 1. The third kappa shape index (κ3) is 6.28. The summed E-state index contributed by atoms with van der Waals surface area (Å²) >= 11 is 1.72. The molecule has 42 heavy (non-hydrogen) atoms. The summed E-state index contributed by atoms with van der Waals surface area (Å²) in [4.78, 5) is 36.9. The van der Waals surface area contributed by atoms with Gasteiger partial charge in [-0.15, -0.1) is 0 Å². The van der Waals surface area contributed by atoms with Crippen LogP contribution in [0.25, 0.3) is 0 Å². The van der Waals surface area contributed by atoms with E-state index in [-0.39, 0.29) is 23.7 Å². The van der Waals surface area contributed by atoms with Crippen LogP contribution in [0.4, 0.5) is 11.4 Å². The average Bonchev–Trinajstić information content (AvgIpc) is 3.31. The second-order valence-corrected chi connectivity index (χ2v) is 12.6. The number of amides is 1. The molecule has 2 heterocycles. The van der Waals surface area contributed by atoms with Gasteiger partial charge < -0.3 is 30.0 Å². The first-order valence-corrected chi connectivity index (χ1v) is 15.3. The van der Waals surface area contributed by atoms with Gasteiger partial charge in [0.15, 0.2) is 5.78 Å². The number of nitrogens with one attached hydrogen (secondary N) is 3. The highest BCUT2D eigenvalue weighted by Crippen LogP contribution is 2.49. The number of benzene rings is 2. The number of para-hydroxylation sites is 2. The van der Waals surface area contributed by atoms with Crippen LogP contribution in [0.15, 0.2) is 60.1 Å². The van der Waals surface area contributed by atoms with Crippen molar-refractivity contribution in [2.45, 2.75) is 45.4 Å². The van der Waals surface area contributed by atoms with Crippen molar-refractivity contribution in [3.8, 4) is 11.5 Å². The van der Waals surface area contributed by atoms with Crippen molar-refractivity contribution in [3.63, 3.8) is 0 Å². The van der Waals surface area contributed by atoms with Crippen LogP contribution in [0.2, 0.25) is 0 Å². The molecule has 9 nitrogen and oxygen atoms in total. The van der Waals surface area contributed by atoms with E-state index in [1.807, 2.05) is 54.3 Å². The molecule has 0 spiro atoms. The Morgan fingerprint density at radius 1 is 1.17 bits per heavy atom. The zero-order chi connectivity index (χ0) is 29.9. The molecule has 1 aliphatic carbocycles. The first kappa shape index (κ1) is 29.6. The van der Waals surface area contributed by atoms with E-state index >= 15 is 0 Å². The van der Waals surface area contributed by atoms with Gasteiger partial charge >= 0.3 is 0 Å². The highest BCUT2D eigenvalue weighted by Gasteiger charge is 2.42. The van der Waals surface area contributed by atoms with Gasteiger partial charge in [0.1, 0.15) is 11.5 Å². The topological polar surface area (TPSA) is 109 Å². The number of hydrogen-bond donors (Lipinski definition) is 3. The fourth-order valence-electron chi connectivity index (χ4n) is 5.77. The molecule has 1 atom stereocenters. The van der Waals surface area contributed by atoms with E-state index in [4.69, 9.17) is 9.47 Å². The number of imidazole rings is 1. The summed E-state index contributed by atoms with van der Waals surface area (Å²) in [6.45, 7) is 6.83. The highest BCUT2D eigenvalue weighted by molar-refractivity contribution is 7.98. The van der Waals surface area contributed by atoms with E-state index in [0.717, 1.165) is 45.5 Å². The van der Waals surface area contributed by atoms with Crippen molar-refractivity contribution in [1.82, 2.24) is 15.3 Å². The molecule has 0 saturated carbocycles. The Morgan fingerprint density at radius 2 is 1.98 bits per heavy atom. The summed E-state index contributed by atoms with van der Waals surface area (Å²) in [5.74, 6) is 2.74. The average molecular weight is 590 g/mol. The summed E-state index contributed by atoms with van der Waals surface area (Å²) < 4.78 is 11.3. The number of Topliss-reactive ketones (excluding diaryl/α,β-unsaturated/α-hetero) is 1. The third-order valence-electron chi connectivity index (χ3n) is 7.79. The van der Waals surface area contributed by atoms with Crippen LogP contribution in [-0.2, 0) is 15.3 Å². The zero-order valence-corrected chi connectivity index (χ0v) is 25.7. The van der Waals surface area contributed by atoms with Gasteiger partial charge in [-0.2, -0.15) is 11.8 Å². The Bertz CT molecular complexity index is 1500. The fraction of sp³-hybridized carbons (Fsp3) is 0.406. The molecule has 3 N–H and O–H groups in total. The molecular weight excluding hydrogens is 550 g/mol. The predicted octanol–water partition coefficient (Wildman–Crippen LogP) is 5.40. The molecule has 3 aromatic rings. The molecule has 2 aromatic carbocycles. The van der Waals surface area contributed by atoms with Gasteiger partial charge in [0.25, 0.3) is 0 Å². The number of rotatable bonds is 10. The minimum Gasteiger partial charge on any atom is -0.497 e. The van der Waals surface area contributed by atoms with Crippen LogP contribution < -0.4 is 25.0 Å². The number of carbonyl (C=O) groups is 2. The predicted molar refractivity (Wildman–Crippen MR) is 167 cm³/mol. The molecule has 1 aliphatic heterocycles. The van der Waals surface area contributed by atoms with Crippen molar-refractivity contribution in [2.24, 2.45) is 5.41 Å². The van der Waals surface area contributed by atoms with Gasteiger partial charge in [-0.25, -0.2) is 4.98 Å². The summed E-state index contributed by atoms with van der Waals surface area (Å²) in [6, 6.07) is 13.0. The molecule has 0 bridgehead atoms. The quantitative estimate of drug-likeness (QED) is 0.270. The van der Waals surface area contributed by atoms with Crippen molar-refractivity contribution in [1.29, 1.82) is 0 Å². The van der Waals surface area contributed by atoms with Gasteiger partial charge in [-0.1, -0.05) is 26.0 Å². The van der Waals surface area contributed by atoms with Crippen molar-refractivity contribution < 1.29 is 19.1 Å². The van der Waals surface area contributed by atoms with E-state index in [0.29, 0.717) is 36.5 Å².